The van der Waals surface area contributed by atoms with Crippen molar-refractivity contribution in [1.82, 2.24) is 19.3 Å². The number of para-hydroxylation sites is 1. The van der Waals surface area contributed by atoms with Gasteiger partial charge in [-0.2, -0.15) is 5.10 Å². The van der Waals surface area contributed by atoms with Crippen LogP contribution in [0.1, 0.15) is 5.56 Å². The number of hydrogen-bond acceptors (Lipinski definition) is 3. The van der Waals surface area contributed by atoms with E-state index in [1.165, 1.54) is 4.57 Å². The fraction of sp³-hybridized carbons (Fsp3) is 0.154. The molecule has 0 saturated heterocycles. The summed E-state index contributed by atoms with van der Waals surface area (Å²) in [5.74, 6) is 0. The van der Waals surface area contributed by atoms with Crippen LogP contribution in [0.25, 0.3) is 10.9 Å². The normalized spacial score (nSPS) is 11.0. The summed E-state index contributed by atoms with van der Waals surface area (Å²) in [5.41, 5.74) is 0.668. The molecule has 6 heteroatoms. The molecule has 2 aromatic heterocycles. The largest absolute Gasteiger partial charge is 0.329 e. The first-order chi connectivity index (χ1) is 9.15. The van der Waals surface area contributed by atoms with Gasteiger partial charge in [0.2, 0.25) is 0 Å². The highest BCUT2D eigenvalue weighted by molar-refractivity contribution is 5.76. The van der Waals surface area contributed by atoms with Gasteiger partial charge in [0.15, 0.2) is 0 Å². The van der Waals surface area contributed by atoms with E-state index in [0.29, 0.717) is 10.9 Å². The van der Waals surface area contributed by atoms with E-state index in [-0.39, 0.29) is 12.1 Å². The molecule has 0 aliphatic carbocycles. The Morgan fingerprint density at radius 2 is 2.05 bits per heavy atom. The van der Waals surface area contributed by atoms with Crippen LogP contribution in [0.4, 0.5) is 0 Å². The summed E-state index contributed by atoms with van der Waals surface area (Å²) in [7, 11) is 1.79. The first-order valence-corrected chi connectivity index (χ1v) is 5.84. The average molecular weight is 256 g/mol. The maximum Gasteiger partial charge on any atom is 0.329 e. The Balaban J connectivity index is 2.18. The minimum absolute atomic E-state index is 0.215. The van der Waals surface area contributed by atoms with Crippen LogP contribution >= 0.6 is 0 Å². The molecular formula is C13H12N4O2. The first-order valence-electron chi connectivity index (χ1n) is 5.84. The third-order valence-corrected chi connectivity index (χ3v) is 2.99. The van der Waals surface area contributed by atoms with Gasteiger partial charge in [0, 0.05) is 18.8 Å². The molecule has 0 aliphatic heterocycles. The van der Waals surface area contributed by atoms with Crippen molar-refractivity contribution in [3.05, 3.63) is 63.1 Å². The molecule has 0 atom stereocenters. The Labute approximate surface area is 107 Å². The molecule has 6 nitrogen and oxygen atoms in total. The van der Waals surface area contributed by atoms with E-state index in [0.717, 1.165) is 5.56 Å². The predicted octanol–water partition coefficient (Wildman–Crippen LogP) is 0.472. The number of benzene rings is 1. The van der Waals surface area contributed by atoms with Gasteiger partial charge in [-0.3, -0.25) is 14.0 Å². The van der Waals surface area contributed by atoms with Crippen LogP contribution in [0, 0.1) is 0 Å². The number of H-pyrrole nitrogens is 1. The molecule has 3 rings (SSSR count). The number of aromatic nitrogens is 4. The molecule has 1 aromatic carbocycles. The van der Waals surface area contributed by atoms with Crippen LogP contribution in [0.3, 0.4) is 0 Å². The van der Waals surface area contributed by atoms with Crippen LogP contribution in [0.2, 0.25) is 0 Å². The van der Waals surface area contributed by atoms with Gasteiger partial charge in [0.25, 0.3) is 5.56 Å². The lowest BCUT2D eigenvalue weighted by atomic mass is 10.2. The van der Waals surface area contributed by atoms with E-state index in [2.05, 4.69) is 10.1 Å². The minimum Gasteiger partial charge on any atom is -0.307 e. The Bertz CT molecular complexity index is 857. The molecule has 0 bridgehead atoms. The summed E-state index contributed by atoms with van der Waals surface area (Å²) in [6, 6.07) is 6.97. The fourth-order valence-corrected chi connectivity index (χ4v) is 2.08. The zero-order valence-electron chi connectivity index (χ0n) is 10.3. The van der Waals surface area contributed by atoms with Gasteiger partial charge < -0.3 is 4.98 Å². The molecule has 19 heavy (non-hydrogen) atoms. The zero-order chi connectivity index (χ0) is 13.4. The van der Waals surface area contributed by atoms with E-state index in [9.17, 15) is 9.59 Å². The Hall–Kier alpha value is -2.63. The van der Waals surface area contributed by atoms with E-state index in [4.69, 9.17) is 0 Å². The lowest BCUT2D eigenvalue weighted by Crippen LogP contribution is -2.35. The van der Waals surface area contributed by atoms with Crippen molar-refractivity contribution >= 4 is 10.9 Å². The smallest absolute Gasteiger partial charge is 0.307 e. The Kier molecular flexibility index (Phi) is 2.56. The number of aryl methyl sites for hydroxylation is 1. The number of nitrogens with zero attached hydrogens (tertiary/aromatic N) is 3. The van der Waals surface area contributed by atoms with Gasteiger partial charge in [0.1, 0.15) is 0 Å². The molecule has 0 radical (unpaired) electrons. The number of fused-ring (bicyclic) bond motifs is 1. The Morgan fingerprint density at radius 1 is 1.26 bits per heavy atom. The number of rotatable bonds is 2. The summed E-state index contributed by atoms with van der Waals surface area (Å²) >= 11 is 0. The van der Waals surface area contributed by atoms with Crippen LogP contribution in [-0.4, -0.2) is 19.3 Å². The Morgan fingerprint density at radius 3 is 2.79 bits per heavy atom. The molecule has 0 unspecified atom stereocenters. The predicted molar refractivity (Wildman–Crippen MR) is 71.1 cm³/mol. The van der Waals surface area contributed by atoms with Gasteiger partial charge in [-0.1, -0.05) is 12.1 Å². The summed E-state index contributed by atoms with van der Waals surface area (Å²) in [4.78, 5) is 26.9. The highest BCUT2D eigenvalue weighted by Gasteiger charge is 2.08. The second-order valence-corrected chi connectivity index (χ2v) is 4.39. The van der Waals surface area contributed by atoms with E-state index in [1.807, 2.05) is 0 Å². The van der Waals surface area contributed by atoms with Gasteiger partial charge in [-0.25, -0.2) is 4.79 Å². The molecule has 0 saturated carbocycles. The van der Waals surface area contributed by atoms with Crippen LogP contribution < -0.4 is 11.2 Å². The zero-order valence-corrected chi connectivity index (χ0v) is 10.3. The van der Waals surface area contributed by atoms with Gasteiger partial charge in [-0.05, 0) is 12.1 Å². The summed E-state index contributed by atoms with van der Waals surface area (Å²) < 4.78 is 2.81. The maximum absolute atomic E-state index is 12.3. The number of hydrogen-bond donors (Lipinski definition) is 1. The van der Waals surface area contributed by atoms with Crippen LogP contribution in [-0.2, 0) is 13.6 Å². The summed E-state index contributed by atoms with van der Waals surface area (Å²) in [6.45, 7) is 0.215. The van der Waals surface area contributed by atoms with E-state index >= 15 is 0 Å². The SMILES string of the molecule is Cn1cc(Cn2c(=O)[nH]c3ccccc3c2=O)cn1. The monoisotopic (exact) mass is 256 g/mol. The second-order valence-electron chi connectivity index (χ2n) is 4.39. The van der Waals surface area contributed by atoms with Gasteiger partial charge in [-0.15, -0.1) is 0 Å². The summed E-state index contributed by atoms with van der Waals surface area (Å²) in [6.07, 6.45) is 3.42. The van der Waals surface area contributed by atoms with Crippen molar-refractivity contribution in [2.45, 2.75) is 6.54 Å². The quantitative estimate of drug-likeness (QED) is 0.724. The van der Waals surface area contributed by atoms with Crippen molar-refractivity contribution in [1.29, 1.82) is 0 Å². The van der Waals surface area contributed by atoms with Crippen LogP contribution in [0.15, 0.2) is 46.2 Å². The highest BCUT2D eigenvalue weighted by Crippen LogP contribution is 2.04. The molecule has 0 aliphatic rings. The van der Waals surface area contributed by atoms with E-state index < -0.39 is 5.69 Å². The molecular weight excluding hydrogens is 244 g/mol. The molecule has 96 valence electrons. The maximum atomic E-state index is 12.3. The van der Waals surface area contributed by atoms with Crippen LogP contribution in [0.5, 0.6) is 0 Å². The lowest BCUT2D eigenvalue weighted by Gasteiger charge is -2.04. The molecule has 2 heterocycles. The van der Waals surface area contributed by atoms with Gasteiger partial charge in [0.05, 0.1) is 23.6 Å². The standard InChI is InChI=1S/C13H12N4O2/c1-16-7-9(6-14-16)8-17-12(18)10-4-2-3-5-11(10)15-13(17)19/h2-7H,8H2,1H3,(H,15,19). The molecule has 0 spiro atoms. The number of aromatic amines is 1. The molecule has 1 N–H and O–H groups in total. The van der Waals surface area contributed by atoms with Crippen molar-refractivity contribution in [2.24, 2.45) is 7.05 Å². The number of nitrogens with one attached hydrogen (secondary N) is 1. The van der Waals surface area contributed by atoms with Crippen molar-refractivity contribution in [3.8, 4) is 0 Å². The molecule has 0 fully saturated rings. The second kappa shape index (κ2) is 4.24. The molecule has 0 amide bonds. The topological polar surface area (TPSA) is 72.7 Å². The van der Waals surface area contributed by atoms with Crippen molar-refractivity contribution in [2.75, 3.05) is 0 Å². The highest BCUT2D eigenvalue weighted by atomic mass is 16.2. The molecule has 3 aromatic rings. The van der Waals surface area contributed by atoms with Gasteiger partial charge >= 0.3 is 5.69 Å². The lowest BCUT2D eigenvalue weighted by molar-refractivity contribution is 0.709. The summed E-state index contributed by atoms with van der Waals surface area (Å²) in [5, 5.41) is 4.53. The van der Waals surface area contributed by atoms with Crippen molar-refractivity contribution in [3.63, 3.8) is 0 Å². The average Bonchev–Trinajstić information content (AvgIpc) is 2.80. The fourth-order valence-electron chi connectivity index (χ4n) is 2.08. The minimum atomic E-state index is -0.410. The third-order valence-electron chi connectivity index (χ3n) is 2.99. The van der Waals surface area contributed by atoms with Crippen molar-refractivity contribution < 1.29 is 0 Å². The first kappa shape index (κ1) is 11.5. The third kappa shape index (κ3) is 1.97. The van der Waals surface area contributed by atoms with E-state index in [1.54, 1.807) is 48.4 Å².